The summed E-state index contributed by atoms with van der Waals surface area (Å²) in [4.78, 5) is 16.5. The molecule has 0 spiro atoms. The summed E-state index contributed by atoms with van der Waals surface area (Å²) in [7, 11) is 0. The molecule has 0 bridgehead atoms. The maximum Gasteiger partial charge on any atom is 0.250 e. The van der Waals surface area contributed by atoms with Gasteiger partial charge in [-0.1, -0.05) is 55.1 Å². The van der Waals surface area contributed by atoms with Crippen LogP contribution in [-0.2, 0) is 4.79 Å². The van der Waals surface area contributed by atoms with Crippen molar-refractivity contribution in [1.29, 1.82) is 0 Å². The maximum atomic E-state index is 12.0. The lowest BCUT2D eigenvalue weighted by Gasteiger charge is -2.18. The second kappa shape index (κ2) is 7.58. The number of hydrogen-bond acceptors (Lipinski definition) is 2. The Balaban J connectivity index is 1.98. The zero-order chi connectivity index (χ0) is 19.6. The van der Waals surface area contributed by atoms with Crippen molar-refractivity contribution in [1.82, 2.24) is 0 Å². The number of amides is 1. The third-order valence-corrected chi connectivity index (χ3v) is 4.52. The van der Waals surface area contributed by atoms with E-state index in [9.17, 15) is 4.79 Å². The summed E-state index contributed by atoms with van der Waals surface area (Å²) in [5.74, 6) is -0.488. The van der Waals surface area contributed by atoms with Gasteiger partial charge in [-0.15, -0.1) is 0 Å². The van der Waals surface area contributed by atoms with Crippen molar-refractivity contribution < 1.29 is 4.79 Å². The molecule has 0 unspecified atom stereocenters. The molecule has 3 rings (SSSR count). The topological polar surface area (TPSA) is 55.5 Å². The van der Waals surface area contributed by atoms with Gasteiger partial charge in [0.25, 0.3) is 5.91 Å². The molecule has 0 heterocycles. The Morgan fingerprint density at radius 1 is 1.00 bits per heavy atom. The Morgan fingerprint density at radius 3 is 2.22 bits per heavy atom. The quantitative estimate of drug-likeness (QED) is 0.834. The number of hydrogen-bond donors (Lipinski definition) is 1. The van der Waals surface area contributed by atoms with E-state index in [0.29, 0.717) is 16.9 Å². The number of carbonyl (C=O) groups excluding carboxylic acids is 1. The summed E-state index contributed by atoms with van der Waals surface area (Å²) in [5.41, 5.74) is 12.8. The first-order valence-corrected chi connectivity index (χ1v) is 9.04. The molecule has 3 heteroatoms. The molecular weight excluding hydrogens is 332 g/mol. The Labute approximate surface area is 160 Å². The molecule has 136 valence electrons. The van der Waals surface area contributed by atoms with Gasteiger partial charge in [-0.3, -0.25) is 9.79 Å². The standard InChI is InChI=1S/C24H24N2O/c1-15(2)26-23-17(4)13-20(14-22(23)24(25)27)18-9-11-19(12-10-18)21-8-6-5-7-16(21)3/h5-15H,4H2,1-3H3,(H2,25,27). The molecular formula is C24H24N2O. The minimum Gasteiger partial charge on any atom is -0.366 e. The number of nitrogens with two attached hydrogens (primary N) is 1. The predicted octanol–water partition coefficient (Wildman–Crippen LogP) is 4.88. The first-order valence-electron chi connectivity index (χ1n) is 9.04. The van der Waals surface area contributed by atoms with Crippen molar-refractivity contribution in [2.24, 2.45) is 10.7 Å². The van der Waals surface area contributed by atoms with E-state index in [1.807, 2.05) is 32.1 Å². The van der Waals surface area contributed by atoms with Gasteiger partial charge in [0.05, 0.1) is 11.3 Å². The van der Waals surface area contributed by atoms with Gasteiger partial charge in [0.15, 0.2) is 0 Å². The van der Waals surface area contributed by atoms with Crippen LogP contribution in [0, 0.1) is 6.92 Å². The zero-order valence-electron chi connectivity index (χ0n) is 16.0. The van der Waals surface area contributed by atoms with E-state index in [1.165, 1.54) is 11.1 Å². The highest BCUT2D eigenvalue weighted by molar-refractivity contribution is 6.31. The summed E-state index contributed by atoms with van der Waals surface area (Å²) in [6, 6.07) is 16.7. The highest BCUT2D eigenvalue weighted by atomic mass is 16.1. The third kappa shape index (κ3) is 3.98. The van der Waals surface area contributed by atoms with Gasteiger partial charge >= 0.3 is 0 Å². The molecule has 0 saturated heterocycles. The van der Waals surface area contributed by atoms with Gasteiger partial charge in [-0.2, -0.15) is 0 Å². The van der Waals surface area contributed by atoms with Crippen LogP contribution in [0.25, 0.3) is 16.7 Å². The molecule has 0 radical (unpaired) electrons. The summed E-state index contributed by atoms with van der Waals surface area (Å²) in [5, 5.41) is 0. The van der Waals surface area contributed by atoms with E-state index in [1.54, 1.807) is 6.08 Å². The fourth-order valence-electron chi connectivity index (χ4n) is 3.20. The Morgan fingerprint density at radius 2 is 1.63 bits per heavy atom. The van der Waals surface area contributed by atoms with Crippen LogP contribution >= 0.6 is 0 Å². The molecule has 3 nitrogen and oxygen atoms in total. The Bertz CT molecular complexity index is 989. The molecule has 0 aliphatic heterocycles. The number of allylic oxidation sites excluding steroid dienone is 4. The molecule has 0 atom stereocenters. The molecule has 0 fully saturated rings. The van der Waals surface area contributed by atoms with Crippen molar-refractivity contribution in [3.8, 4) is 11.1 Å². The van der Waals surface area contributed by atoms with Gasteiger partial charge in [0.1, 0.15) is 0 Å². The highest BCUT2D eigenvalue weighted by Crippen LogP contribution is 2.29. The van der Waals surface area contributed by atoms with Crippen LogP contribution in [-0.4, -0.2) is 17.7 Å². The summed E-state index contributed by atoms with van der Waals surface area (Å²) in [6.45, 7) is 10.1. The van der Waals surface area contributed by atoms with Crippen LogP contribution in [0.2, 0.25) is 0 Å². The fraction of sp³-hybridized carbons (Fsp3) is 0.167. The van der Waals surface area contributed by atoms with Gasteiger partial charge in [0, 0.05) is 6.04 Å². The SMILES string of the molecule is C=C1C=C(c2ccc(-c3ccccc3C)cc2)C=C(C(N)=O)C1=NC(C)C. The number of nitrogens with zero attached hydrogens (tertiary/aromatic N) is 1. The van der Waals surface area contributed by atoms with E-state index >= 15 is 0 Å². The summed E-state index contributed by atoms with van der Waals surface area (Å²) < 4.78 is 0. The van der Waals surface area contributed by atoms with Gasteiger partial charge in [-0.05, 0) is 66.3 Å². The Kier molecular flexibility index (Phi) is 5.22. The molecule has 0 saturated carbocycles. The number of benzene rings is 2. The van der Waals surface area contributed by atoms with Gasteiger partial charge < -0.3 is 5.73 Å². The Hall–Kier alpha value is -3.20. The van der Waals surface area contributed by atoms with Crippen LogP contribution in [0.3, 0.4) is 0 Å². The van der Waals surface area contributed by atoms with E-state index in [2.05, 4.69) is 54.9 Å². The first kappa shape index (κ1) is 18.6. The van der Waals surface area contributed by atoms with Crippen molar-refractivity contribution in [3.63, 3.8) is 0 Å². The van der Waals surface area contributed by atoms with E-state index < -0.39 is 5.91 Å². The molecule has 2 aromatic rings. The average molecular weight is 356 g/mol. The molecule has 27 heavy (non-hydrogen) atoms. The van der Waals surface area contributed by atoms with Crippen molar-refractivity contribution >= 4 is 17.2 Å². The lowest BCUT2D eigenvalue weighted by atomic mass is 9.89. The molecule has 1 aliphatic rings. The number of carbonyl (C=O) groups is 1. The number of aliphatic imine (C=N–C) groups is 1. The second-order valence-electron chi connectivity index (χ2n) is 7.01. The number of rotatable bonds is 4. The summed E-state index contributed by atoms with van der Waals surface area (Å²) >= 11 is 0. The summed E-state index contributed by atoms with van der Waals surface area (Å²) in [6.07, 6.45) is 3.76. The van der Waals surface area contributed by atoms with E-state index in [0.717, 1.165) is 16.7 Å². The maximum absolute atomic E-state index is 12.0. The number of aryl methyl sites for hydroxylation is 1. The molecule has 0 aromatic heterocycles. The fourth-order valence-corrected chi connectivity index (χ4v) is 3.20. The van der Waals surface area contributed by atoms with Crippen LogP contribution in [0.4, 0.5) is 0 Å². The van der Waals surface area contributed by atoms with E-state index in [4.69, 9.17) is 5.73 Å². The molecule has 1 aliphatic carbocycles. The minimum absolute atomic E-state index is 0.0582. The van der Waals surface area contributed by atoms with Crippen LogP contribution in [0.1, 0.15) is 25.0 Å². The largest absolute Gasteiger partial charge is 0.366 e. The van der Waals surface area contributed by atoms with Gasteiger partial charge in [-0.25, -0.2) is 0 Å². The minimum atomic E-state index is -0.488. The van der Waals surface area contributed by atoms with E-state index in [-0.39, 0.29) is 6.04 Å². The van der Waals surface area contributed by atoms with Crippen LogP contribution in [0.15, 0.2) is 83.4 Å². The highest BCUT2D eigenvalue weighted by Gasteiger charge is 2.21. The van der Waals surface area contributed by atoms with Crippen molar-refractivity contribution in [3.05, 3.63) is 89.5 Å². The molecule has 2 aromatic carbocycles. The third-order valence-electron chi connectivity index (χ3n) is 4.52. The number of primary amides is 1. The lowest BCUT2D eigenvalue weighted by molar-refractivity contribution is -0.114. The molecule has 1 amide bonds. The van der Waals surface area contributed by atoms with Crippen molar-refractivity contribution in [2.45, 2.75) is 26.8 Å². The monoisotopic (exact) mass is 356 g/mol. The predicted molar refractivity (Wildman–Crippen MR) is 114 cm³/mol. The smallest absolute Gasteiger partial charge is 0.250 e. The van der Waals surface area contributed by atoms with Crippen LogP contribution in [0.5, 0.6) is 0 Å². The van der Waals surface area contributed by atoms with Crippen LogP contribution < -0.4 is 5.73 Å². The zero-order valence-corrected chi connectivity index (χ0v) is 16.0. The normalized spacial score (nSPS) is 15.7. The lowest BCUT2D eigenvalue weighted by Crippen LogP contribution is -2.24. The average Bonchev–Trinajstić information content (AvgIpc) is 2.63. The first-order chi connectivity index (χ1) is 12.9. The molecule has 2 N–H and O–H groups in total. The van der Waals surface area contributed by atoms with Gasteiger partial charge in [0.2, 0.25) is 0 Å². The van der Waals surface area contributed by atoms with Crippen molar-refractivity contribution in [2.75, 3.05) is 0 Å². The second-order valence-corrected chi connectivity index (χ2v) is 7.01.